The van der Waals surface area contributed by atoms with E-state index >= 15 is 0 Å². The SMILES string of the molecule is CCc1nnc(NC(=O)CSc2nnc(-c3cc(OC)c(OC)c(OC)c3)o2)s1. The molecule has 3 aromatic rings. The van der Waals surface area contributed by atoms with Crippen molar-refractivity contribution in [3.63, 3.8) is 0 Å². The average molecular weight is 438 g/mol. The van der Waals surface area contributed by atoms with E-state index in [-0.39, 0.29) is 22.8 Å². The molecule has 0 atom stereocenters. The van der Waals surface area contributed by atoms with E-state index in [1.54, 1.807) is 12.1 Å². The molecule has 1 N–H and O–H groups in total. The van der Waals surface area contributed by atoms with Gasteiger partial charge in [0.2, 0.25) is 22.7 Å². The molecule has 29 heavy (non-hydrogen) atoms. The van der Waals surface area contributed by atoms with E-state index in [4.69, 9.17) is 18.6 Å². The Labute approximate surface area is 175 Å². The highest BCUT2D eigenvalue weighted by molar-refractivity contribution is 7.99. The summed E-state index contributed by atoms with van der Waals surface area (Å²) >= 11 is 2.47. The van der Waals surface area contributed by atoms with Crippen molar-refractivity contribution in [1.82, 2.24) is 20.4 Å². The zero-order valence-electron chi connectivity index (χ0n) is 16.2. The molecule has 12 heteroatoms. The lowest BCUT2D eigenvalue weighted by Crippen LogP contribution is -2.13. The highest BCUT2D eigenvalue weighted by Crippen LogP contribution is 2.41. The predicted octanol–water partition coefficient (Wildman–Crippen LogP) is 2.91. The Morgan fingerprint density at radius 3 is 2.41 bits per heavy atom. The smallest absolute Gasteiger partial charge is 0.277 e. The molecule has 0 unspecified atom stereocenters. The molecule has 154 valence electrons. The Bertz CT molecular complexity index is 965. The van der Waals surface area contributed by atoms with Crippen molar-refractivity contribution >= 4 is 34.1 Å². The lowest BCUT2D eigenvalue weighted by Gasteiger charge is -2.12. The number of hydrogen-bond donors (Lipinski definition) is 1. The maximum atomic E-state index is 12.1. The Hall–Kier alpha value is -2.86. The highest BCUT2D eigenvalue weighted by Gasteiger charge is 2.18. The van der Waals surface area contributed by atoms with Gasteiger partial charge < -0.3 is 18.6 Å². The molecular formula is C17H19N5O5S2. The number of nitrogens with one attached hydrogen (secondary N) is 1. The number of thioether (sulfide) groups is 1. The molecule has 1 amide bonds. The summed E-state index contributed by atoms with van der Waals surface area (Å²) in [4.78, 5) is 12.1. The van der Waals surface area contributed by atoms with Gasteiger partial charge in [-0.2, -0.15) is 0 Å². The first kappa shape index (κ1) is 20.9. The minimum Gasteiger partial charge on any atom is -0.493 e. The summed E-state index contributed by atoms with van der Waals surface area (Å²) in [7, 11) is 4.57. The summed E-state index contributed by atoms with van der Waals surface area (Å²) in [6, 6.07) is 3.41. The summed E-state index contributed by atoms with van der Waals surface area (Å²) in [6.45, 7) is 1.98. The van der Waals surface area contributed by atoms with Crippen LogP contribution in [0, 0.1) is 0 Å². The largest absolute Gasteiger partial charge is 0.493 e. The molecular weight excluding hydrogens is 418 g/mol. The van der Waals surface area contributed by atoms with Gasteiger partial charge in [-0.3, -0.25) is 10.1 Å². The molecule has 0 aliphatic carbocycles. The third kappa shape index (κ3) is 4.95. The molecule has 0 saturated carbocycles. The monoisotopic (exact) mass is 437 g/mol. The number of aryl methyl sites for hydroxylation is 1. The normalized spacial score (nSPS) is 10.6. The fraction of sp³-hybridized carbons (Fsp3) is 0.353. The average Bonchev–Trinajstić information content (AvgIpc) is 3.40. The minimum absolute atomic E-state index is 0.0952. The highest BCUT2D eigenvalue weighted by atomic mass is 32.2. The van der Waals surface area contributed by atoms with Gasteiger partial charge in [-0.25, -0.2) is 0 Å². The van der Waals surface area contributed by atoms with E-state index in [1.807, 2.05) is 6.92 Å². The van der Waals surface area contributed by atoms with Crippen molar-refractivity contribution in [1.29, 1.82) is 0 Å². The van der Waals surface area contributed by atoms with Crippen LogP contribution >= 0.6 is 23.1 Å². The number of hydrogen-bond acceptors (Lipinski definition) is 11. The maximum Gasteiger partial charge on any atom is 0.277 e. The quantitative estimate of drug-likeness (QED) is 0.500. The molecule has 10 nitrogen and oxygen atoms in total. The molecule has 1 aromatic carbocycles. The molecule has 0 saturated heterocycles. The van der Waals surface area contributed by atoms with Crippen LogP contribution in [0.5, 0.6) is 17.2 Å². The topological polar surface area (TPSA) is 121 Å². The Balaban J connectivity index is 1.67. The summed E-state index contributed by atoms with van der Waals surface area (Å²) in [5.74, 6) is 1.53. The van der Waals surface area contributed by atoms with Crippen molar-refractivity contribution in [2.45, 2.75) is 18.6 Å². The molecule has 0 aliphatic rings. The van der Waals surface area contributed by atoms with Crippen LogP contribution in [0.4, 0.5) is 5.13 Å². The summed E-state index contributed by atoms with van der Waals surface area (Å²) in [5, 5.41) is 20.2. The van der Waals surface area contributed by atoms with Crippen molar-refractivity contribution in [2.75, 3.05) is 32.4 Å². The van der Waals surface area contributed by atoms with Crippen LogP contribution in [0.3, 0.4) is 0 Å². The van der Waals surface area contributed by atoms with Crippen molar-refractivity contribution in [3.8, 4) is 28.7 Å². The standard InChI is InChI=1S/C17H19N5O5S2/c1-5-13-19-21-16(29-13)18-12(23)8-28-17-22-20-15(27-17)9-6-10(24-2)14(26-4)11(7-9)25-3/h6-7H,5,8H2,1-4H3,(H,18,21,23). The number of carbonyl (C=O) groups is 1. The van der Waals surface area contributed by atoms with E-state index in [1.165, 1.54) is 32.7 Å². The van der Waals surface area contributed by atoms with E-state index < -0.39 is 0 Å². The summed E-state index contributed by atoms with van der Waals surface area (Å²) in [5.41, 5.74) is 0.601. The number of ether oxygens (including phenoxy) is 3. The lowest BCUT2D eigenvalue weighted by atomic mass is 10.2. The molecule has 0 radical (unpaired) electrons. The zero-order chi connectivity index (χ0) is 20.8. The third-order valence-corrected chi connectivity index (χ3v) is 5.46. The molecule has 2 heterocycles. The Kier molecular flexibility index (Phi) is 6.88. The van der Waals surface area contributed by atoms with Crippen molar-refractivity contribution in [2.24, 2.45) is 0 Å². The number of rotatable bonds is 9. The molecule has 0 bridgehead atoms. The molecule has 0 aliphatic heterocycles. The van der Waals surface area contributed by atoms with Crippen LogP contribution in [0.1, 0.15) is 11.9 Å². The van der Waals surface area contributed by atoms with Crippen LogP contribution in [0.15, 0.2) is 21.8 Å². The maximum absolute atomic E-state index is 12.1. The second-order valence-electron chi connectivity index (χ2n) is 5.48. The van der Waals surface area contributed by atoms with E-state index in [9.17, 15) is 4.79 Å². The minimum atomic E-state index is -0.235. The van der Waals surface area contributed by atoms with Gasteiger partial charge in [0.15, 0.2) is 11.5 Å². The van der Waals surface area contributed by atoms with Gasteiger partial charge in [-0.15, -0.1) is 20.4 Å². The lowest BCUT2D eigenvalue weighted by molar-refractivity contribution is -0.113. The van der Waals surface area contributed by atoms with E-state index in [2.05, 4.69) is 25.7 Å². The number of anilines is 1. The number of methoxy groups -OCH3 is 3. The van der Waals surface area contributed by atoms with Gasteiger partial charge in [0.05, 0.1) is 27.1 Å². The Morgan fingerprint density at radius 2 is 1.83 bits per heavy atom. The number of benzene rings is 1. The van der Waals surface area contributed by atoms with Crippen molar-refractivity contribution < 1.29 is 23.4 Å². The van der Waals surface area contributed by atoms with Gasteiger partial charge >= 0.3 is 0 Å². The second-order valence-corrected chi connectivity index (χ2v) is 7.47. The van der Waals surface area contributed by atoms with Gasteiger partial charge in [0.1, 0.15) is 5.01 Å². The van der Waals surface area contributed by atoms with Crippen LogP contribution in [-0.4, -0.2) is 53.4 Å². The van der Waals surface area contributed by atoms with Gasteiger partial charge in [-0.05, 0) is 18.6 Å². The first-order valence-corrected chi connectivity index (χ1v) is 10.3. The molecule has 2 aromatic heterocycles. The van der Waals surface area contributed by atoms with Gasteiger partial charge in [-0.1, -0.05) is 30.0 Å². The molecule has 3 rings (SSSR count). The number of nitrogens with zero attached hydrogens (tertiary/aromatic N) is 4. The second kappa shape index (κ2) is 9.56. The molecule has 0 spiro atoms. The Morgan fingerprint density at radius 1 is 1.10 bits per heavy atom. The first-order chi connectivity index (χ1) is 14.1. The van der Waals surface area contributed by atoms with Crippen LogP contribution in [0.2, 0.25) is 0 Å². The fourth-order valence-electron chi connectivity index (χ4n) is 2.32. The van der Waals surface area contributed by atoms with Crippen LogP contribution in [0.25, 0.3) is 11.5 Å². The number of amides is 1. The van der Waals surface area contributed by atoms with E-state index in [0.29, 0.717) is 27.9 Å². The number of aromatic nitrogens is 4. The van der Waals surface area contributed by atoms with Crippen molar-refractivity contribution in [3.05, 3.63) is 17.1 Å². The fourth-order valence-corrected chi connectivity index (χ4v) is 3.58. The van der Waals surface area contributed by atoms with Crippen LogP contribution < -0.4 is 19.5 Å². The summed E-state index contributed by atoms with van der Waals surface area (Å²) < 4.78 is 21.6. The van der Waals surface area contributed by atoms with Gasteiger partial charge in [0.25, 0.3) is 5.22 Å². The third-order valence-electron chi connectivity index (χ3n) is 3.66. The van der Waals surface area contributed by atoms with Crippen LogP contribution in [-0.2, 0) is 11.2 Å². The van der Waals surface area contributed by atoms with Gasteiger partial charge in [0, 0.05) is 5.56 Å². The molecule has 0 fully saturated rings. The zero-order valence-corrected chi connectivity index (χ0v) is 17.8. The first-order valence-electron chi connectivity index (χ1n) is 8.46. The summed E-state index contributed by atoms with van der Waals surface area (Å²) in [6.07, 6.45) is 0.772. The van der Waals surface area contributed by atoms with E-state index in [0.717, 1.165) is 23.2 Å². The number of carbonyl (C=O) groups excluding carboxylic acids is 1. The predicted molar refractivity (Wildman–Crippen MR) is 108 cm³/mol.